The monoisotopic (exact) mass is 346 g/mol. The van der Waals surface area contributed by atoms with Crippen LogP contribution in [0.15, 0.2) is 36.4 Å². The second kappa shape index (κ2) is 7.84. The number of carbonyl (C=O) groups is 2. The van der Waals surface area contributed by atoms with Crippen LogP contribution >= 0.6 is 11.6 Å². The summed E-state index contributed by atoms with van der Waals surface area (Å²) in [7, 11) is 1.49. The molecule has 0 aliphatic rings. The highest BCUT2D eigenvalue weighted by molar-refractivity contribution is 6.31. The fourth-order valence-electron chi connectivity index (χ4n) is 2.37. The van der Waals surface area contributed by atoms with E-state index < -0.39 is 11.8 Å². The van der Waals surface area contributed by atoms with Crippen LogP contribution in [0.25, 0.3) is 0 Å². The summed E-state index contributed by atoms with van der Waals surface area (Å²) in [5, 5.41) is 5.82. The Hall–Kier alpha value is -2.53. The molecule has 0 spiro atoms. The maximum atomic E-state index is 12.1. The highest BCUT2D eigenvalue weighted by atomic mass is 35.5. The topological polar surface area (TPSA) is 67.4 Å². The number of anilines is 2. The van der Waals surface area contributed by atoms with E-state index in [1.807, 2.05) is 32.0 Å². The number of hydrogen-bond acceptors (Lipinski definition) is 3. The smallest absolute Gasteiger partial charge is 0.233 e. The Balaban J connectivity index is 1.99. The second-order valence-electron chi connectivity index (χ2n) is 5.49. The van der Waals surface area contributed by atoms with Crippen LogP contribution in [0, 0.1) is 13.8 Å². The first kappa shape index (κ1) is 17.8. The number of carbonyl (C=O) groups excluding carboxylic acids is 2. The van der Waals surface area contributed by atoms with E-state index in [-0.39, 0.29) is 6.42 Å². The zero-order chi connectivity index (χ0) is 17.7. The van der Waals surface area contributed by atoms with Crippen molar-refractivity contribution >= 4 is 34.8 Å². The minimum Gasteiger partial charge on any atom is -0.495 e. The number of nitrogens with one attached hydrogen (secondary N) is 2. The molecule has 2 N–H and O–H groups in total. The van der Waals surface area contributed by atoms with Crippen LogP contribution in [0.1, 0.15) is 17.5 Å². The summed E-state index contributed by atoms with van der Waals surface area (Å²) in [4.78, 5) is 24.1. The van der Waals surface area contributed by atoms with E-state index in [2.05, 4.69) is 10.6 Å². The van der Waals surface area contributed by atoms with Gasteiger partial charge >= 0.3 is 0 Å². The Morgan fingerprint density at radius 2 is 1.62 bits per heavy atom. The average molecular weight is 347 g/mol. The molecule has 0 aliphatic heterocycles. The van der Waals surface area contributed by atoms with Gasteiger partial charge in [0.1, 0.15) is 12.2 Å². The minimum atomic E-state index is -0.447. The predicted octanol–water partition coefficient (Wildman–Crippen LogP) is 3.93. The zero-order valence-electron chi connectivity index (χ0n) is 13.8. The summed E-state index contributed by atoms with van der Waals surface area (Å²) in [6.07, 6.45) is -0.303. The number of amides is 2. The number of benzene rings is 2. The summed E-state index contributed by atoms with van der Waals surface area (Å²) in [5.41, 5.74) is 3.18. The van der Waals surface area contributed by atoms with Gasteiger partial charge in [-0.25, -0.2) is 0 Å². The van der Waals surface area contributed by atoms with Gasteiger partial charge in [-0.3, -0.25) is 9.59 Å². The maximum absolute atomic E-state index is 12.1. The van der Waals surface area contributed by atoms with Crippen molar-refractivity contribution < 1.29 is 14.3 Å². The third-order valence-electron chi connectivity index (χ3n) is 3.26. The van der Waals surface area contributed by atoms with Gasteiger partial charge in [-0.05, 0) is 55.3 Å². The second-order valence-corrected chi connectivity index (χ2v) is 5.93. The number of hydrogen-bond donors (Lipinski definition) is 2. The van der Waals surface area contributed by atoms with Gasteiger partial charge in [-0.15, -0.1) is 0 Å². The van der Waals surface area contributed by atoms with Gasteiger partial charge in [0.25, 0.3) is 0 Å². The Kier molecular flexibility index (Phi) is 5.82. The van der Waals surface area contributed by atoms with Crippen LogP contribution in [0.4, 0.5) is 11.4 Å². The van der Waals surface area contributed by atoms with E-state index in [1.165, 1.54) is 7.11 Å². The third-order valence-corrected chi connectivity index (χ3v) is 3.50. The van der Waals surface area contributed by atoms with E-state index in [1.54, 1.807) is 18.2 Å². The van der Waals surface area contributed by atoms with E-state index in [0.717, 1.165) is 11.1 Å². The number of rotatable bonds is 5. The van der Waals surface area contributed by atoms with E-state index in [0.29, 0.717) is 22.1 Å². The van der Waals surface area contributed by atoms with Crippen molar-refractivity contribution in [2.24, 2.45) is 0 Å². The van der Waals surface area contributed by atoms with Crippen LogP contribution < -0.4 is 15.4 Å². The molecular formula is C18H19ClN2O3. The SMILES string of the molecule is COc1ccc(Cl)cc1NC(=O)CC(=O)Nc1cc(C)cc(C)c1. The lowest BCUT2D eigenvalue weighted by Crippen LogP contribution is -2.21. The van der Waals surface area contributed by atoms with Gasteiger partial charge < -0.3 is 15.4 Å². The van der Waals surface area contributed by atoms with Crippen LogP contribution in [-0.4, -0.2) is 18.9 Å². The molecule has 6 heteroatoms. The lowest BCUT2D eigenvalue weighted by atomic mass is 10.1. The Bertz CT molecular complexity index is 755. The van der Waals surface area contributed by atoms with Gasteiger partial charge in [0.15, 0.2) is 0 Å². The molecule has 0 aromatic heterocycles. The van der Waals surface area contributed by atoms with Crippen LogP contribution in [0.5, 0.6) is 5.75 Å². The Morgan fingerprint density at radius 3 is 2.25 bits per heavy atom. The highest BCUT2D eigenvalue weighted by Crippen LogP contribution is 2.27. The van der Waals surface area contributed by atoms with Crippen molar-refractivity contribution in [3.05, 3.63) is 52.5 Å². The molecule has 5 nitrogen and oxygen atoms in total. The fourth-order valence-corrected chi connectivity index (χ4v) is 2.54. The molecule has 0 bridgehead atoms. The summed E-state index contributed by atoms with van der Waals surface area (Å²) in [6, 6.07) is 10.6. The van der Waals surface area contributed by atoms with Gasteiger partial charge in [0.2, 0.25) is 11.8 Å². The van der Waals surface area contributed by atoms with Gasteiger partial charge in [-0.1, -0.05) is 17.7 Å². The summed E-state index contributed by atoms with van der Waals surface area (Å²) < 4.78 is 5.15. The highest BCUT2D eigenvalue weighted by Gasteiger charge is 2.13. The van der Waals surface area contributed by atoms with Crippen molar-refractivity contribution in [3.8, 4) is 5.75 Å². The van der Waals surface area contributed by atoms with E-state index in [4.69, 9.17) is 16.3 Å². The molecule has 2 aromatic rings. The van der Waals surface area contributed by atoms with Crippen LogP contribution in [-0.2, 0) is 9.59 Å². The summed E-state index contributed by atoms with van der Waals surface area (Å²) in [6.45, 7) is 3.89. The molecule has 0 atom stereocenters. The lowest BCUT2D eigenvalue weighted by molar-refractivity contribution is -0.123. The molecule has 0 unspecified atom stereocenters. The molecule has 2 aromatic carbocycles. The molecule has 126 valence electrons. The molecular weight excluding hydrogens is 328 g/mol. The van der Waals surface area contributed by atoms with Crippen molar-refractivity contribution in [1.29, 1.82) is 0 Å². The normalized spacial score (nSPS) is 10.2. The van der Waals surface area contributed by atoms with Crippen molar-refractivity contribution in [3.63, 3.8) is 0 Å². The van der Waals surface area contributed by atoms with Gasteiger partial charge in [-0.2, -0.15) is 0 Å². The fraction of sp³-hybridized carbons (Fsp3) is 0.222. The largest absolute Gasteiger partial charge is 0.495 e. The first-order valence-corrected chi connectivity index (χ1v) is 7.76. The molecule has 2 rings (SSSR count). The van der Waals surface area contributed by atoms with Crippen LogP contribution in [0.3, 0.4) is 0 Å². The summed E-state index contributed by atoms with van der Waals surface area (Å²) >= 11 is 5.91. The van der Waals surface area contributed by atoms with E-state index in [9.17, 15) is 9.59 Å². The number of aryl methyl sites for hydroxylation is 2. The van der Waals surface area contributed by atoms with Crippen molar-refractivity contribution in [2.45, 2.75) is 20.3 Å². The standard InChI is InChI=1S/C18H19ClN2O3/c1-11-6-12(2)8-14(7-11)20-17(22)10-18(23)21-15-9-13(19)4-5-16(15)24-3/h4-9H,10H2,1-3H3,(H,20,22)(H,21,23). The number of halogens is 1. The molecule has 0 heterocycles. The zero-order valence-corrected chi connectivity index (χ0v) is 14.5. The molecule has 0 saturated carbocycles. The predicted molar refractivity (Wildman–Crippen MR) is 95.8 cm³/mol. The number of methoxy groups -OCH3 is 1. The molecule has 24 heavy (non-hydrogen) atoms. The third kappa shape index (κ3) is 4.99. The lowest BCUT2D eigenvalue weighted by Gasteiger charge is -2.11. The molecule has 0 radical (unpaired) electrons. The first-order chi connectivity index (χ1) is 11.4. The average Bonchev–Trinajstić information content (AvgIpc) is 2.45. The molecule has 0 saturated heterocycles. The molecule has 2 amide bonds. The van der Waals surface area contributed by atoms with Crippen LogP contribution in [0.2, 0.25) is 5.02 Å². The van der Waals surface area contributed by atoms with Crippen molar-refractivity contribution in [1.82, 2.24) is 0 Å². The Labute approximate surface area is 146 Å². The quantitative estimate of drug-likeness (QED) is 0.806. The molecule has 0 fully saturated rings. The van der Waals surface area contributed by atoms with E-state index >= 15 is 0 Å². The number of ether oxygens (including phenoxy) is 1. The van der Waals surface area contributed by atoms with Gasteiger partial charge in [0, 0.05) is 10.7 Å². The Morgan fingerprint density at radius 1 is 1.00 bits per heavy atom. The van der Waals surface area contributed by atoms with Gasteiger partial charge in [0.05, 0.1) is 12.8 Å². The summed E-state index contributed by atoms with van der Waals surface area (Å²) in [5.74, 6) is -0.363. The van der Waals surface area contributed by atoms with Crippen molar-refractivity contribution in [2.75, 3.05) is 17.7 Å². The maximum Gasteiger partial charge on any atom is 0.233 e. The minimum absolute atomic E-state index is 0.303. The molecule has 0 aliphatic carbocycles. The first-order valence-electron chi connectivity index (χ1n) is 7.39.